The van der Waals surface area contributed by atoms with Gasteiger partial charge in [-0.2, -0.15) is 0 Å². The first-order valence-corrected chi connectivity index (χ1v) is 18.2. The second-order valence-electron chi connectivity index (χ2n) is 13.5. The number of amides is 2. The number of hydrogen-bond donors (Lipinski definition) is 4. The Labute approximate surface area is 307 Å². The van der Waals surface area contributed by atoms with E-state index >= 15 is 0 Å². The van der Waals surface area contributed by atoms with E-state index in [1.807, 2.05) is 60.7 Å². The van der Waals surface area contributed by atoms with E-state index in [0.29, 0.717) is 30.8 Å². The average molecular weight is 705 g/mol. The Morgan fingerprint density at radius 2 is 1.54 bits per heavy atom. The van der Waals surface area contributed by atoms with Crippen LogP contribution in [0, 0.1) is 0 Å². The Morgan fingerprint density at radius 3 is 2.25 bits per heavy atom. The van der Waals surface area contributed by atoms with Crippen LogP contribution in [0.4, 0.5) is 11.4 Å². The Balaban J connectivity index is 1.12. The lowest BCUT2D eigenvalue weighted by atomic mass is 9.97. The van der Waals surface area contributed by atoms with Crippen molar-refractivity contribution in [2.75, 3.05) is 31.2 Å². The highest BCUT2D eigenvalue weighted by Gasteiger charge is 2.32. The molecule has 0 saturated carbocycles. The fraction of sp³-hybridized carbons (Fsp3) is 0.349. The molecule has 0 radical (unpaired) electrons. The number of rotatable bonds is 18. The normalized spacial score (nSPS) is 17.1. The first kappa shape index (κ1) is 38.4. The summed E-state index contributed by atoms with van der Waals surface area (Å²) < 4.78 is 13.0. The lowest BCUT2D eigenvalue weighted by molar-refractivity contribution is -0.252. The topological polar surface area (TPSA) is 126 Å². The zero-order valence-corrected chi connectivity index (χ0v) is 30.1. The van der Waals surface area contributed by atoms with Gasteiger partial charge in [-0.3, -0.25) is 9.59 Å². The molecule has 5 N–H and O–H groups in total. The number of unbranched alkanes of at least 4 members (excludes halogenated alkanes) is 3. The number of aliphatic hydroxyl groups is 1. The van der Waals surface area contributed by atoms with Gasteiger partial charge in [-0.1, -0.05) is 104 Å². The number of benzene rings is 4. The number of carbonyl (C=O) groups is 2. The summed E-state index contributed by atoms with van der Waals surface area (Å²) in [7, 11) is 2.06. The summed E-state index contributed by atoms with van der Waals surface area (Å²) in [5, 5.41) is 15.5. The molecule has 5 rings (SSSR count). The zero-order valence-electron chi connectivity index (χ0n) is 30.1. The molecular formula is C43H52N4O5. The number of para-hydroxylation sites is 2. The molecular weight excluding hydrogens is 652 g/mol. The van der Waals surface area contributed by atoms with Crippen LogP contribution < -0.4 is 16.4 Å². The molecule has 3 unspecified atom stereocenters. The quantitative estimate of drug-likeness (QED) is 0.0476. The van der Waals surface area contributed by atoms with Gasteiger partial charge in [0, 0.05) is 44.5 Å². The van der Waals surface area contributed by atoms with Crippen LogP contribution in [0.2, 0.25) is 0 Å². The van der Waals surface area contributed by atoms with Crippen LogP contribution in [0.25, 0.3) is 11.1 Å². The van der Waals surface area contributed by atoms with Crippen molar-refractivity contribution in [1.82, 2.24) is 10.2 Å². The highest BCUT2D eigenvalue weighted by molar-refractivity contribution is 5.93. The molecule has 52 heavy (non-hydrogen) atoms. The van der Waals surface area contributed by atoms with Crippen LogP contribution in [0.3, 0.4) is 0 Å². The number of nitrogens with zero attached hydrogens (tertiary/aromatic N) is 1. The predicted octanol–water partition coefficient (Wildman–Crippen LogP) is 7.69. The fourth-order valence-corrected chi connectivity index (χ4v) is 6.48. The summed E-state index contributed by atoms with van der Waals surface area (Å²) in [6.07, 6.45) is 6.06. The maximum atomic E-state index is 12.7. The molecule has 1 saturated heterocycles. The summed E-state index contributed by atoms with van der Waals surface area (Å²) in [5.41, 5.74) is 13.1. The van der Waals surface area contributed by atoms with Crippen molar-refractivity contribution in [2.45, 2.75) is 76.6 Å². The van der Waals surface area contributed by atoms with Crippen LogP contribution in [0.1, 0.15) is 79.6 Å². The van der Waals surface area contributed by atoms with Crippen molar-refractivity contribution in [3.63, 3.8) is 0 Å². The van der Waals surface area contributed by atoms with Crippen molar-refractivity contribution in [3.8, 4) is 11.1 Å². The monoisotopic (exact) mass is 704 g/mol. The average Bonchev–Trinajstić information content (AvgIpc) is 3.16. The number of nitrogens with two attached hydrogens (primary N) is 1. The summed E-state index contributed by atoms with van der Waals surface area (Å²) in [6, 6.07) is 31.5. The van der Waals surface area contributed by atoms with Gasteiger partial charge < -0.3 is 35.8 Å². The SMILES string of the molecule is C=CCN(C)CC1CC(c2ccc(CO)cc2)OC(c2ccc(-c3ccccc3CNC(=O)CCCCCCC(=O)Nc3ccccc3N)cc2)O1. The molecule has 0 bridgehead atoms. The molecule has 2 amide bonds. The zero-order chi connectivity index (χ0) is 36.7. The van der Waals surface area contributed by atoms with Crippen LogP contribution in [-0.4, -0.2) is 48.1 Å². The summed E-state index contributed by atoms with van der Waals surface area (Å²) in [4.78, 5) is 27.1. The number of nitrogens with one attached hydrogen (secondary N) is 2. The Bertz CT molecular complexity index is 1740. The van der Waals surface area contributed by atoms with Gasteiger partial charge in [0.25, 0.3) is 0 Å². The number of anilines is 2. The summed E-state index contributed by atoms with van der Waals surface area (Å²) >= 11 is 0. The first-order chi connectivity index (χ1) is 25.3. The van der Waals surface area contributed by atoms with Crippen LogP contribution in [0.15, 0.2) is 110 Å². The third-order valence-corrected chi connectivity index (χ3v) is 9.35. The van der Waals surface area contributed by atoms with E-state index in [0.717, 1.165) is 78.6 Å². The molecule has 1 heterocycles. The maximum absolute atomic E-state index is 12.7. The number of nitrogen functional groups attached to an aromatic ring is 1. The maximum Gasteiger partial charge on any atom is 0.224 e. The van der Waals surface area contributed by atoms with Crippen molar-refractivity contribution < 1.29 is 24.2 Å². The molecule has 4 aromatic carbocycles. The van der Waals surface area contributed by atoms with Crippen molar-refractivity contribution in [2.24, 2.45) is 0 Å². The van der Waals surface area contributed by atoms with Gasteiger partial charge >= 0.3 is 0 Å². The lowest BCUT2D eigenvalue weighted by Crippen LogP contribution is -2.37. The Hall–Kier alpha value is -4.80. The van der Waals surface area contributed by atoms with Gasteiger partial charge in [0.2, 0.25) is 11.8 Å². The molecule has 4 aromatic rings. The lowest BCUT2D eigenvalue weighted by Gasteiger charge is -2.37. The summed E-state index contributed by atoms with van der Waals surface area (Å²) in [5.74, 6) is -0.0331. The van der Waals surface area contributed by atoms with Crippen molar-refractivity contribution >= 4 is 23.2 Å². The standard InChI is InChI=1S/C43H52N4O5/c1-3-26-47(2)29-36-27-40(33-20-18-31(30-48)19-21-33)52-43(51-36)34-24-22-32(23-25-34)37-13-9-8-12-35(37)28-45-41(49)16-6-4-5-7-17-42(50)46-39-15-11-10-14-38(39)44/h3,8-15,18-25,36,40,43,48H,1,4-7,16-17,26-30,44H2,2H3,(H,45,49)(H,46,50). The van der Waals surface area contributed by atoms with E-state index in [2.05, 4.69) is 59.5 Å². The van der Waals surface area contributed by atoms with Crippen LogP contribution >= 0.6 is 0 Å². The minimum atomic E-state index is -0.534. The number of likely N-dealkylation sites (N-methyl/N-ethyl adjacent to an activating group) is 1. The van der Waals surface area contributed by atoms with Crippen LogP contribution in [-0.2, 0) is 32.2 Å². The molecule has 0 aliphatic carbocycles. The molecule has 9 nitrogen and oxygen atoms in total. The highest BCUT2D eigenvalue weighted by Crippen LogP contribution is 2.39. The van der Waals surface area contributed by atoms with Gasteiger partial charge in [0.15, 0.2) is 6.29 Å². The van der Waals surface area contributed by atoms with Crippen LogP contribution in [0.5, 0.6) is 0 Å². The van der Waals surface area contributed by atoms with Gasteiger partial charge in [-0.25, -0.2) is 0 Å². The Kier molecular flexibility index (Phi) is 14.6. The number of aliphatic hydroxyl groups excluding tert-OH is 1. The van der Waals surface area contributed by atoms with Gasteiger partial charge in [-0.15, -0.1) is 6.58 Å². The van der Waals surface area contributed by atoms with E-state index < -0.39 is 6.29 Å². The predicted molar refractivity (Wildman–Crippen MR) is 207 cm³/mol. The molecule has 3 atom stereocenters. The molecule has 274 valence electrons. The van der Waals surface area contributed by atoms with Gasteiger partial charge in [-0.05, 0) is 59.8 Å². The van der Waals surface area contributed by atoms with E-state index in [1.54, 1.807) is 12.1 Å². The smallest absolute Gasteiger partial charge is 0.224 e. The number of ether oxygens (including phenoxy) is 2. The van der Waals surface area contributed by atoms with Gasteiger partial charge in [0.1, 0.15) is 0 Å². The fourth-order valence-electron chi connectivity index (χ4n) is 6.48. The van der Waals surface area contributed by atoms with E-state index in [1.165, 1.54) is 0 Å². The largest absolute Gasteiger partial charge is 0.397 e. The third-order valence-electron chi connectivity index (χ3n) is 9.35. The number of hydrogen-bond acceptors (Lipinski definition) is 7. The second-order valence-corrected chi connectivity index (χ2v) is 13.5. The molecule has 0 spiro atoms. The second kappa shape index (κ2) is 19.7. The molecule has 1 aliphatic rings. The minimum absolute atomic E-state index is 0.00527. The third kappa shape index (κ3) is 11.4. The minimum Gasteiger partial charge on any atom is -0.397 e. The van der Waals surface area contributed by atoms with E-state index in [9.17, 15) is 14.7 Å². The van der Waals surface area contributed by atoms with E-state index in [4.69, 9.17) is 15.2 Å². The molecule has 1 fully saturated rings. The van der Waals surface area contributed by atoms with Gasteiger partial charge in [0.05, 0.1) is 30.2 Å². The Morgan fingerprint density at radius 1 is 0.865 bits per heavy atom. The van der Waals surface area contributed by atoms with Crippen molar-refractivity contribution in [1.29, 1.82) is 0 Å². The highest BCUT2D eigenvalue weighted by atomic mass is 16.7. The summed E-state index contributed by atoms with van der Waals surface area (Å²) in [6.45, 7) is 5.83. The van der Waals surface area contributed by atoms with E-state index in [-0.39, 0.29) is 30.6 Å². The number of carbonyl (C=O) groups excluding carboxylic acids is 2. The molecule has 9 heteroatoms. The first-order valence-electron chi connectivity index (χ1n) is 18.2. The van der Waals surface area contributed by atoms with Crippen molar-refractivity contribution in [3.05, 3.63) is 132 Å². The molecule has 1 aliphatic heterocycles. The molecule has 0 aromatic heterocycles.